The molecular weight excluding hydrogens is 272 g/mol. The van der Waals surface area contributed by atoms with Crippen LogP contribution in [0.25, 0.3) is 10.9 Å². The van der Waals surface area contributed by atoms with Gasteiger partial charge in [0, 0.05) is 36.4 Å². The minimum atomic E-state index is -1.38. The van der Waals surface area contributed by atoms with Crippen molar-refractivity contribution in [1.29, 1.82) is 0 Å². The van der Waals surface area contributed by atoms with E-state index in [0.29, 0.717) is 19.3 Å². The molecule has 3 N–H and O–H groups in total. The number of aromatic amines is 1. The maximum Gasteiger partial charge on any atom is 0.507 e. The molecule has 0 aliphatic heterocycles. The highest BCUT2D eigenvalue weighted by Gasteiger charge is 2.40. The first kappa shape index (κ1) is 13.5. The predicted octanol–water partition coefficient (Wildman–Crippen LogP) is 2.18. The number of ether oxygens (including phenoxy) is 1. The van der Waals surface area contributed by atoms with E-state index in [1.54, 1.807) is 0 Å². The Hall–Kier alpha value is -2.50. The molecule has 1 heterocycles. The second-order valence-corrected chi connectivity index (χ2v) is 5.35. The van der Waals surface area contributed by atoms with Crippen LogP contribution < -0.4 is 5.32 Å². The molecular formula is C15H16N2O4. The monoisotopic (exact) mass is 288 g/mol. The fourth-order valence-corrected chi connectivity index (χ4v) is 3.08. The number of carbonyl (C=O) groups is 2. The molecule has 6 heteroatoms. The van der Waals surface area contributed by atoms with Gasteiger partial charge in [0.05, 0.1) is 0 Å². The summed E-state index contributed by atoms with van der Waals surface area (Å²) in [5.41, 5.74) is 1.91. The molecule has 0 saturated heterocycles. The molecule has 1 aliphatic carbocycles. The fraction of sp³-hybridized carbons (Fsp3) is 0.333. The van der Waals surface area contributed by atoms with Crippen molar-refractivity contribution in [3.05, 3.63) is 35.5 Å². The standard InChI is InChI=1S/C15H16N2O4/c1-9(18)17-15(21-14(19)20)7-6-13-11(8-15)10-4-2-3-5-12(10)16-13/h2-5,16H,6-8H2,1H3,(H,17,18)(H,19,20). The lowest BCUT2D eigenvalue weighted by molar-refractivity contribution is -0.129. The van der Waals surface area contributed by atoms with E-state index >= 15 is 0 Å². The number of fused-ring (bicyclic) bond motifs is 3. The maximum atomic E-state index is 11.4. The number of hydrogen-bond acceptors (Lipinski definition) is 3. The summed E-state index contributed by atoms with van der Waals surface area (Å²) in [7, 11) is 0. The minimum absolute atomic E-state index is 0.306. The molecule has 0 spiro atoms. The molecule has 0 saturated carbocycles. The van der Waals surface area contributed by atoms with Crippen LogP contribution in [0.2, 0.25) is 0 Å². The number of rotatable bonds is 2. The quantitative estimate of drug-likeness (QED) is 0.583. The first-order chi connectivity index (χ1) is 9.99. The Morgan fingerprint density at radius 2 is 2.14 bits per heavy atom. The third-order valence-electron chi connectivity index (χ3n) is 3.83. The van der Waals surface area contributed by atoms with E-state index in [9.17, 15) is 9.59 Å². The van der Waals surface area contributed by atoms with Gasteiger partial charge in [0.25, 0.3) is 0 Å². The summed E-state index contributed by atoms with van der Waals surface area (Å²) in [4.78, 5) is 25.8. The number of aryl methyl sites for hydroxylation is 1. The third kappa shape index (κ3) is 2.44. The molecule has 0 fully saturated rings. The lowest BCUT2D eigenvalue weighted by Gasteiger charge is -2.36. The maximum absolute atomic E-state index is 11.4. The highest BCUT2D eigenvalue weighted by molar-refractivity contribution is 5.85. The lowest BCUT2D eigenvalue weighted by atomic mass is 9.88. The van der Waals surface area contributed by atoms with Crippen LogP contribution in [0.1, 0.15) is 24.6 Å². The van der Waals surface area contributed by atoms with Gasteiger partial charge in [-0.1, -0.05) is 18.2 Å². The van der Waals surface area contributed by atoms with Crippen LogP contribution in [0, 0.1) is 0 Å². The summed E-state index contributed by atoms with van der Waals surface area (Å²) in [5.74, 6) is -0.306. The van der Waals surface area contributed by atoms with Gasteiger partial charge in [0.2, 0.25) is 5.91 Å². The molecule has 1 unspecified atom stereocenters. The Morgan fingerprint density at radius 1 is 1.38 bits per heavy atom. The SMILES string of the molecule is CC(=O)NC1(OC(=O)O)CCc2[nH]c3ccccc3c2C1. The number of carboxylic acid groups (broad SMARTS) is 1. The zero-order valence-corrected chi connectivity index (χ0v) is 11.6. The molecule has 110 valence electrons. The van der Waals surface area contributed by atoms with E-state index in [2.05, 4.69) is 10.3 Å². The Bertz CT molecular complexity index is 704. The molecule has 6 nitrogen and oxygen atoms in total. The van der Waals surface area contributed by atoms with E-state index in [1.165, 1.54) is 6.92 Å². The van der Waals surface area contributed by atoms with Crippen LogP contribution in [0.15, 0.2) is 24.3 Å². The van der Waals surface area contributed by atoms with Gasteiger partial charge < -0.3 is 20.1 Å². The smallest absolute Gasteiger partial charge is 0.450 e. The van der Waals surface area contributed by atoms with Crippen LogP contribution >= 0.6 is 0 Å². The van der Waals surface area contributed by atoms with Gasteiger partial charge in [-0.2, -0.15) is 0 Å². The van der Waals surface area contributed by atoms with Crippen molar-refractivity contribution in [2.75, 3.05) is 0 Å². The van der Waals surface area contributed by atoms with Crippen LogP contribution in [-0.2, 0) is 22.4 Å². The number of hydrogen-bond donors (Lipinski definition) is 3. The molecule has 1 aliphatic rings. The topological polar surface area (TPSA) is 91.4 Å². The lowest BCUT2D eigenvalue weighted by Crippen LogP contribution is -2.54. The second kappa shape index (κ2) is 4.80. The van der Waals surface area contributed by atoms with Gasteiger partial charge in [-0.3, -0.25) is 4.79 Å². The summed E-state index contributed by atoms with van der Waals surface area (Å²) in [6.45, 7) is 1.36. The average molecular weight is 288 g/mol. The fourth-order valence-electron chi connectivity index (χ4n) is 3.08. The van der Waals surface area contributed by atoms with Gasteiger partial charge in [-0.25, -0.2) is 4.79 Å². The summed E-state index contributed by atoms with van der Waals surface area (Å²) in [6.07, 6.45) is -0.0128. The van der Waals surface area contributed by atoms with E-state index in [1.807, 2.05) is 24.3 Å². The summed E-state index contributed by atoms with van der Waals surface area (Å²) >= 11 is 0. The van der Waals surface area contributed by atoms with Crippen molar-refractivity contribution in [1.82, 2.24) is 10.3 Å². The Kier molecular flexibility index (Phi) is 3.08. The van der Waals surface area contributed by atoms with Crippen LogP contribution in [0.4, 0.5) is 4.79 Å². The second-order valence-electron chi connectivity index (χ2n) is 5.35. The average Bonchev–Trinajstić information content (AvgIpc) is 2.75. The Morgan fingerprint density at radius 3 is 2.86 bits per heavy atom. The van der Waals surface area contributed by atoms with Crippen molar-refractivity contribution in [3.8, 4) is 0 Å². The molecule has 0 bridgehead atoms. The first-order valence-electron chi connectivity index (χ1n) is 6.78. The van der Waals surface area contributed by atoms with Crippen molar-refractivity contribution in [2.24, 2.45) is 0 Å². The van der Waals surface area contributed by atoms with Gasteiger partial charge in [0.15, 0.2) is 5.72 Å². The highest BCUT2D eigenvalue weighted by Crippen LogP contribution is 2.34. The minimum Gasteiger partial charge on any atom is -0.450 e. The van der Waals surface area contributed by atoms with Crippen molar-refractivity contribution in [3.63, 3.8) is 0 Å². The largest absolute Gasteiger partial charge is 0.507 e. The predicted molar refractivity (Wildman–Crippen MR) is 76.0 cm³/mol. The molecule has 2 aromatic rings. The Labute approximate surface area is 121 Å². The van der Waals surface area contributed by atoms with E-state index in [4.69, 9.17) is 9.84 Å². The summed E-state index contributed by atoms with van der Waals surface area (Å²) < 4.78 is 5.04. The van der Waals surface area contributed by atoms with Crippen molar-refractivity contribution in [2.45, 2.75) is 31.9 Å². The Balaban J connectivity index is 2.03. The number of benzene rings is 1. The zero-order valence-electron chi connectivity index (χ0n) is 11.6. The molecule has 0 radical (unpaired) electrons. The highest BCUT2D eigenvalue weighted by atomic mass is 16.7. The van der Waals surface area contributed by atoms with E-state index < -0.39 is 11.9 Å². The zero-order chi connectivity index (χ0) is 15.0. The van der Waals surface area contributed by atoms with E-state index in [-0.39, 0.29) is 5.91 Å². The van der Waals surface area contributed by atoms with Crippen LogP contribution in [0.5, 0.6) is 0 Å². The molecule has 1 aromatic heterocycles. The molecule has 21 heavy (non-hydrogen) atoms. The van der Waals surface area contributed by atoms with Crippen molar-refractivity contribution >= 4 is 23.0 Å². The number of carbonyl (C=O) groups excluding carboxylic acids is 1. The molecule has 3 rings (SSSR count). The molecule has 1 atom stereocenters. The molecule has 1 amide bonds. The number of para-hydroxylation sites is 1. The van der Waals surface area contributed by atoms with Crippen LogP contribution in [0.3, 0.4) is 0 Å². The number of amides is 1. The summed E-state index contributed by atoms with van der Waals surface area (Å²) in [6, 6.07) is 7.84. The first-order valence-corrected chi connectivity index (χ1v) is 6.78. The van der Waals surface area contributed by atoms with Crippen molar-refractivity contribution < 1.29 is 19.4 Å². The molecule has 1 aromatic carbocycles. The van der Waals surface area contributed by atoms with Gasteiger partial charge >= 0.3 is 6.16 Å². The normalized spacial score (nSPS) is 20.8. The number of aromatic nitrogens is 1. The van der Waals surface area contributed by atoms with Crippen LogP contribution in [-0.4, -0.2) is 27.9 Å². The number of nitrogens with one attached hydrogen (secondary N) is 2. The number of H-pyrrole nitrogens is 1. The third-order valence-corrected chi connectivity index (χ3v) is 3.83. The summed E-state index contributed by atoms with van der Waals surface area (Å²) in [5, 5.41) is 12.7. The van der Waals surface area contributed by atoms with E-state index in [0.717, 1.165) is 22.2 Å². The van der Waals surface area contributed by atoms with Gasteiger partial charge in [-0.05, 0) is 18.1 Å². The van der Waals surface area contributed by atoms with Gasteiger partial charge in [0.1, 0.15) is 0 Å². The van der Waals surface area contributed by atoms with Gasteiger partial charge in [-0.15, -0.1) is 0 Å².